The molecule has 1 amide bonds. The monoisotopic (exact) mass is 360 g/mol. The molecule has 1 atom stereocenters. The minimum Gasteiger partial charge on any atom is -0.352 e. The molecule has 2 aliphatic carbocycles. The van der Waals surface area contributed by atoms with Gasteiger partial charge in [-0.05, 0) is 43.6 Å². The number of nitrogens with zero attached hydrogens (tertiary/aromatic N) is 3. The van der Waals surface area contributed by atoms with Crippen LogP contribution in [0.2, 0.25) is 0 Å². The van der Waals surface area contributed by atoms with Crippen LogP contribution < -0.4 is 10.9 Å². The quantitative estimate of drug-likeness (QED) is 0.912. The van der Waals surface area contributed by atoms with E-state index in [1.54, 1.807) is 11.3 Å². The number of hydrogen-bond acceptors (Lipinski definition) is 5. The molecule has 0 aliphatic heterocycles. The van der Waals surface area contributed by atoms with Crippen LogP contribution in [0.25, 0.3) is 10.2 Å². The number of thiophene rings is 1. The van der Waals surface area contributed by atoms with E-state index in [4.69, 9.17) is 0 Å². The van der Waals surface area contributed by atoms with Crippen LogP contribution in [0.15, 0.2) is 4.79 Å². The Morgan fingerprint density at radius 1 is 1.28 bits per heavy atom. The van der Waals surface area contributed by atoms with Crippen molar-refractivity contribution >= 4 is 27.5 Å². The molecule has 0 bridgehead atoms. The van der Waals surface area contributed by atoms with Gasteiger partial charge >= 0.3 is 0 Å². The lowest BCUT2D eigenvalue weighted by Crippen LogP contribution is -2.40. The highest BCUT2D eigenvalue weighted by atomic mass is 32.1. The molecule has 2 aliphatic rings. The Morgan fingerprint density at radius 2 is 2.08 bits per heavy atom. The maximum atomic E-state index is 12.9. The largest absolute Gasteiger partial charge is 0.352 e. The molecule has 25 heavy (non-hydrogen) atoms. The summed E-state index contributed by atoms with van der Waals surface area (Å²) in [6.07, 6.45) is 8.66. The van der Waals surface area contributed by atoms with E-state index in [0.717, 1.165) is 50.5 Å². The first-order valence-corrected chi connectivity index (χ1v) is 10.1. The van der Waals surface area contributed by atoms with Crippen LogP contribution in [-0.2, 0) is 24.2 Å². The number of fused-ring (bicyclic) bond motifs is 3. The molecule has 7 heteroatoms. The molecule has 134 valence electrons. The molecule has 0 aromatic carbocycles. The Balaban J connectivity index is 1.57. The third-order valence-electron chi connectivity index (χ3n) is 5.45. The summed E-state index contributed by atoms with van der Waals surface area (Å²) >= 11 is 1.59. The molecule has 2 aromatic rings. The highest BCUT2D eigenvalue weighted by molar-refractivity contribution is 7.18. The summed E-state index contributed by atoms with van der Waals surface area (Å²) in [5.41, 5.74) is 0.968. The molecule has 2 aromatic heterocycles. The number of aryl methyl sites for hydroxylation is 1. The zero-order valence-corrected chi connectivity index (χ0v) is 15.4. The molecule has 2 heterocycles. The molecule has 0 radical (unpaired) electrons. The Kier molecular flexibility index (Phi) is 4.58. The molecule has 1 saturated carbocycles. The van der Waals surface area contributed by atoms with E-state index in [1.165, 1.54) is 16.0 Å². The van der Waals surface area contributed by atoms with Crippen molar-refractivity contribution in [2.24, 2.45) is 5.92 Å². The van der Waals surface area contributed by atoms with E-state index in [-0.39, 0.29) is 24.1 Å². The van der Waals surface area contributed by atoms with Gasteiger partial charge < -0.3 is 5.32 Å². The zero-order chi connectivity index (χ0) is 17.4. The smallest absolute Gasteiger partial charge is 0.279 e. The Morgan fingerprint density at radius 3 is 2.88 bits per heavy atom. The van der Waals surface area contributed by atoms with Gasteiger partial charge in [-0.1, -0.05) is 31.4 Å². The third-order valence-corrected chi connectivity index (χ3v) is 6.59. The molecule has 0 spiro atoms. The Bertz CT molecular complexity index is 851. The fourth-order valence-electron chi connectivity index (χ4n) is 4.05. The fourth-order valence-corrected chi connectivity index (χ4v) is 5.37. The van der Waals surface area contributed by atoms with Gasteiger partial charge in [0.05, 0.1) is 5.39 Å². The van der Waals surface area contributed by atoms with Crippen LogP contribution >= 0.6 is 11.3 Å². The highest BCUT2D eigenvalue weighted by Crippen LogP contribution is 2.35. The lowest BCUT2D eigenvalue weighted by Gasteiger charge is -2.22. The standard InChI is InChI=1S/C18H24N4O2S/c1-11-7-8-13-14(9-11)25-17-16(13)18(24)22(21-20-17)10-15(23)19-12-5-3-2-4-6-12/h11-12H,2-10H2,1H3,(H,19,23)/t11-/m0/s1. The van der Waals surface area contributed by atoms with Crippen molar-refractivity contribution in [3.8, 4) is 0 Å². The van der Waals surface area contributed by atoms with Crippen LogP contribution in [0.4, 0.5) is 0 Å². The normalized spacial score (nSPS) is 21.2. The first kappa shape index (κ1) is 16.7. The van der Waals surface area contributed by atoms with Crippen molar-refractivity contribution in [3.63, 3.8) is 0 Å². The minimum atomic E-state index is -0.171. The minimum absolute atomic E-state index is 0.0424. The average Bonchev–Trinajstić information content (AvgIpc) is 2.96. The van der Waals surface area contributed by atoms with Gasteiger partial charge in [0.15, 0.2) is 4.83 Å². The van der Waals surface area contributed by atoms with Crippen molar-refractivity contribution in [2.75, 3.05) is 0 Å². The SMILES string of the molecule is C[C@H]1CCc2c(sc3nnn(CC(=O)NC4CCCCC4)c(=O)c23)C1. The van der Waals surface area contributed by atoms with Crippen LogP contribution in [0.5, 0.6) is 0 Å². The van der Waals surface area contributed by atoms with Gasteiger partial charge in [0.1, 0.15) is 6.54 Å². The van der Waals surface area contributed by atoms with E-state index >= 15 is 0 Å². The molecule has 4 rings (SSSR count). The van der Waals surface area contributed by atoms with Gasteiger partial charge in [-0.2, -0.15) is 0 Å². The van der Waals surface area contributed by atoms with Gasteiger partial charge in [0.25, 0.3) is 5.56 Å². The molecule has 6 nitrogen and oxygen atoms in total. The van der Waals surface area contributed by atoms with Crippen molar-refractivity contribution in [1.29, 1.82) is 0 Å². The number of rotatable bonds is 3. The Hall–Kier alpha value is -1.76. The molecule has 0 saturated heterocycles. The first-order valence-electron chi connectivity index (χ1n) is 9.29. The average molecular weight is 360 g/mol. The summed E-state index contributed by atoms with van der Waals surface area (Å²) in [4.78, 5) is 27.1. The maximum absolute atomic E-state index is 12.9. The second kappa shape index (κ2) is 6.86. The lowest BCUT2D eigenvalue weighted by atomic mass is 9.89. The highest BCUT2D eigenvalue weighted by Gasteiger charge is 2.24. The number of hydrogen-bond donors (Lipinski definition) is 1. The summed E-state index contributed by atoms with van der Waals surface area (Å²) < 4.78 is 1.23. The number of amides is 1. The van der Waals surface area contributed by atoms with Gasteiger partial charge in [-0.25, -0.2) is 4.68 Å². The van der Waals surface area contributed by atoms with Crippen molar-refractivity contribution in [1.82, 2.24) is 20.3 Å². The second-order valence-electron chi connectivity index (χ2n) is 7.49. The van der Waals surface area contributed by atoms with Gasteiger partial charge in [-0.15, -0.1) is 16.4 Å². The van der Waals surface area contributed by atoms with Crippen LogP contribution in [0.1, 0.15) is 55.9 Å². The second-order valence-corrected chi connectivity index (χ2v) is 8.57. The van der Waals surface area contributed by atoms with Crippen LogP contribution in [0.3, 0.4) is 0 Å². The van der Waals surface area contributed by atoms with Crippen molar-refractivity contribution in [2.45, 2.75) is 70.9 Å². The first-order chi connectivity index (χ1) is 12.1. The van der Waals surface area contributed by atoms with Gasteiger partial charge in [0.2, 0.25) is 5.91 Å². The summed E-state index contributed by atoms with van der Waals surface area (Å²) in [5, 5.41) is 12.0. The van der Waals surface area contributed by atoms with Crippen LogP contribution in [-0.4, -0.2) is 26.9 Å². The topological polar surface area (TPSA) is 76.9 Å². The summed E-state index contributed by atoms with van der Waals surface area (Å²) in [6, 6.07) is 0.240. The summed E-state index contributed by atoms with van der Waals surface area (Å²) in [7, 11) is 0. The maximum Gasteiger partial charge on any atom is 0.279 e. The van der Waals surface area contributed by atoms with Crippen molar-refractivity contribution in [3.05, 3.63) is 20.8 Å². The van der Waals surface area contributed by atoms with Crippen LogP contribution in [0, 0.1) is 5.92 Å². The lowest BCUT2D eigenvalue weighted by molar-refractivity contribution is -0.122. The van der Waals surface area contributed by atoms with E-state index in [1.807, 2.05) is 0 Å². The molecule has 0 unspecified atom stereocenters. The van der Waals surface area contributed by atoms with E-state index in [2.05, 4.69) is 22.6 Å². The molecule has 1 N–H and O–H groups in total. The van der Waals surface area contributed by atoms with E-state index in [9.17, 15) is 9.59 Å². The molecule has 1 fully saturated rings. The van der Waals surface area contributed by atoms with Gasteiger partial charge in [0, 0.05) is 10.9 Å². The Labute approximate surface area is 150 Å². The fraction of sp³-hybridized carbons (Fsp3) is 0.667. The van der Waals surface area contributed by atoms with Crippen molar-refractivity contribution < 1.29 is 4.79 Å². The number of nitrogens with one attached hydrogen (secondary N) is 1. The summed E-state index contributed by atoms with van der Waals surface area (Å²) in [6.45, 7) is 2.20. The molecular formula is C18H24N4O2S. The molecular weight excluding hydrogens is 336 g/mol. The van der Waals surface area contributed by atoms with Gasteiger partial charge in [-0.3, -0.25) is 9.59 Å². The van der Waals surface area contributed by atoms with E-state index in [0.29, 0.717) is 16.1 Å². The number of aromatic nitrogens is 3. The summed E-state index contributed by atoms with van der Waals surface area (Å²) in [5.74, 6) is 0.511. The number of carbonyl (C=O) groups excluding carboxylic acids is 1. The predicted octanol–water partition coefficient (Wildman–Crippen LogP) is 2.43. The predicted molar refractivity (Wildman–Crippen MR) is 97.9 cm³/mol. The number of carbonyl (C=O) groups is 1. The van der Waals surface area contributed by atoms with E-state index < -0.39 is 0 Å². The third kappa shape index (κ3) is 3.34. The zero-order valence-electron chi connectivity index (χ0n) is 14.6.